The third-order valence-electron chi connectivity index (χ3n) is 2.85. The summed E-state index contributed by atoms with van der Waals surface area (Å²) in [7, 11) is 1.51. The lowest BCUT2D eigenvalue weighted by molar-refractivity contribution is -0.137. The topological polar surface area (TPSA) is 66.8 Å². The van der Waals surface area contributed by atoms with E-state index in [0.29, 0.717) is 17.9 Å². The summed E-state index contributed by atoms with van der Waals surface area (Å²) in [5.41, 5.74) is 1.42. The Morgan fingerprint density at radius 3 is 2.58 bits per heavy atom. The van der Waals surface area contributed by atoms with E-state index in [0.717, 1.165) is 5.56 Å². The Morgan fingerprint density at radius 1 is 1.37 bits per heavy atom. The van der Waals surface area contributed by atoms with Gasteiger partial charge in [0, 0.05) is 13.1 Å². The second kappa shape index (κ2) is 6.78. The Hall–Kier alpha value is -2.04. The summed E-state index contributed by atoms with van der Waals surface area (Å²) in [6.45, 7) is 4.37. The highest BCUT2D eigenvalue weighted by atomic mass is 16.5. The first-order chi connectivity index (χ1) is 8.99. The second-order valence-corrected chi connectivity index (χ2v) is 4.23. The van der Waals surface area contributed by atoms with E-state index in [1.165, 1.54) is 12.0 Å². The molecule has 0 radical (unpaired) electrons. The summed E-state index contributed by atoms with van der Waals surface area (Å²) in [6, 6.07) is 5.36. The van der Waals surface area contributed by atoms with Crippen molar-refractivity contribution in [2.75, 3.05) is 20.2 Å². The van der Waals surface area contributed by atoms with Crippen LogP contribution < -0.4 is 4.74 Å². The number of methoxy groups -OCH3 is 1. The minimum atomic E-state index is -0.914. The largest absolute Gasteiger partial charge is 0.496 e. The first-order valence-electron chi connectivity index (χ1n) is 6.15. The van der Waals surface area contributed by atoms with Crippen LogP contribution in [0.1, 0.15) is 29.3 Å². The highest BCUT2D eigenvalue weighted by Crippen LogP contribution is 2.21. The zero-order valence-corrected chi connectivity index (χ0v) is 11.5. The number of rotatable bonds is 6. The van der Waals surface area contributed by atoms with E-state index in [-0.39, 0.29) is 18.9 Å². The van der Waals surface area contributed by atoms with Gasteiger partial charge in [0.2, 0.25) is 0 Å². The average Bonchev–Trinajstić information content (AvgIpc) is 2.38. The normalized spacial score (nSPS) is 10.1. The first kappa shape index (κ1) is 15.0. The van der Waals surface area contributed by atoms with Crippen molar-refractivity contribution in [1.29, 1.82) is 0 Å². The van der Waals surface area contributed by atoms with Gasteiger partial charge in [-0.1, -0.05) is 11.6 Å². The lowest BCUT2D eigenvalue weighted by Crippen LogP contribution is -2.33. The van der Waals surface area contributed by atoms with E-state index < -0.39 is 5.97 Å². The van der Waals surface area contributed by atoms with Gasteiger partial charge in [-0.05, 0) is 26.0 Å². The van der Waals surface area contributed by atoms with Gasteiger partial charge >= 0.3 is 5.97 Å². The Labute approximate surface area is 112 Å². The van der Waals surface area contributed by atoms with Crippen molar-refractivity contribution in [1.82, 2.24) is 4.90 Å². The quantitative estimate of drug-likeness (QED) is 0.853. The zero-order chi connectivity index (χ0) is 14.4. The fourth-order valence-electron chi connectivity index (χ4n) is 1.79. The van der Waals surface area contributed by atoms with Gasteiger partial charge in [0.25, 0.3) is 5.91 Å². The van der Waals surface area contributed by atoms with Crippen molar-refractivity contribution < 1.29 is 19.4 Å². The van der Waals surface area contributed by atoms with Gasteiger partial charge in [0.05, 0.1) is 19.1 Å². The van der Waals surface area contributed by atoms with E-state index in [1.54, 1.807) is 12.1 Å². The highest BCUT2D eigenvalue weighted by molar-refractivity contribution is 5.97. The molecule has 1 amide bonds. The van der Waals surface area contributed by atoms with E-state index in [4.69, 9.17) is 9.84 Å². The first-order valence-corrected chi connectivity index (χ1v) is 6.15. The smallest absolute Gasteiger partial charge is 0.305 e. The van der Waals surface area contributed by atoms with E-state index in [1.807, 2.05) is 19.9 Å². The molecule has 0 bridgehead atoms. The molecule has 0 aliphatic rings. The molecule has 1 aromatic rings. The molecule has 1 rings (SSSR count). The number of amides is 1. The molecule has 0 fully saturated rings. The predicted octanol–water partition coefficient (Wildman–Crippen LogP) is 1.94. The van der Waals surface area contributed by atoms with Crippen LogP contribution in [0.2, 0.25) is 0 Å². The molecule has 19 heavy (non-hydrogen) atoms. The molecule has 0 aliphatic carbocycles. The molecule has 5 heteroatoms. The third-order valence-corrected chi connectivity index (χ3v) is 2.85. The van der Waals surface area contributed by atoms with Crippen LogP contribution in [0, 0.1) is 6.92 Å². The molecule has 0 aromatic heterocycles. The molecule has 0 atom stereocenters. The molecular weight excluding hydrogens is 246 g/mol. The fourth-order valence-corrected chi connectivity index (χ4v) is 1.79. The number of benzene rings is 1. The maximum absolute atomic E-state index is 12.4. The number of ether oxygens (including phenoxy) is 1. The summed E-state index contributed by atoms with van der Waals surface area (Å²) < 4.78 is 5.18. The van der Waals surface area contributed by atoms with Crippen LogP contribution in [0.4, 0.5) is 0 Å². The van der Waals surface area contributed by atoms with Gasteiger partial charge in [-0.15, -0.1) is 0 Å². The number of nitrogens with zero attached hydrogens (tertiary/aromatic N) is 1. The van der Waals surface area contributed by atoms with Crippen LogP contribution in [-0.4, -0.2) is 42.1 Å². The molecular formula is C14H19NO4. The van der Waals surface area contributed by atoms with Crippen molar-refractivity contribution >= 4 is 11.9 Å². The Morgan fingerprint density at radius 2 is 2.05 bits per heavy atom. The number of carbonyl (C=O) groups is 2. The molecule has 0 saturated carbocycles. The van der Waals surface area contributed by atoms with Gasteiger partial charge in [-0.2, -0.15) is 0 Å². The van der Waals surface area contributed by atoms with Gasteiger partial charge in [0.15, 0.2) is 0 Å². The number of carboxylic acids is 1. The summed E-state index contributed by atoms with van der Waals surface area (Å²) in [5.74, 6) is -0.615. The van der Waals surface area contributed by atoms with Gasteiger partial charge in [0.1, 0.15) is 5.75 Å². The third kappa shape index (κ3) is 3.98. The van der Waals surface area contributed by atoms with Gasteiger partial charge in [-0.3, -0.25) is 9.59 Å². The SMILES string of the molecule is CCN(CCC(=O)O)C(=O)c1cc(C)ccc1OC. The number of hydrogen-bond acceptors (Lipinski definition) is 3. The van der Waals surface area contributed by atoms with Gasteiger partial charge < -0.3 is 14.7 Å². The Kier molecular flexibility index (Phi) is 5.36. The van der Waals surface area contributed by atoms with Gasteiger partial charge in [-0.25, -0.2) is 0 Å². The molecule has 104 valence electrons. The van der Waals surface area contributed by atoms with Crippen LogP contribution in [0.3, 0.4) is 0 Å². The van der Waals surface area contributed by atoms with Crippen LogP contribution in [0.15, 0.2) is 18.2 Å². The number of hydrogen-bond donors (Lipinski definition) is 1. The van der Waals surface area contributed by atoms with Crippen LogP contribution >= 0.6 is 0 Å². The monoisotopic (exact) mass is 265 g/mol. The number of aliphatic carboxylic acids is 1. The van der Waals surface area contributed by atoms with Crippen molar-refractivity contribution in [3.8, 4) is 5.75 Å². The van der Waals surface area contributed by atoms with Crippen LogP contribution in [0.25, 0.3) is 0 Å². The molecule has 0 saturated heterocycles. The number of carbonyl (C=O) groups excluding carboxylic acids is 1. The van der Waals surface area contributed by atoms with Crippen molar-refractivity contribution in [3.05, 3.63) is 29.3 Å². The number of aryl methyl sites for hydroxylation is 1. The van der Waals surface area contributed by atoms with Crippen molar-refractivity contribution in [2.45, 2.75) is 20.3 Å². The second-order valence-electron chi connectivity index (χ2n) is 4.23. The predicted molar refractivity (Wildman–Crippen MR) is 71.6 cm³/mol. The Balaban J connectivity index is 2.96. The minimum Gasteiger partial charge on any atom is -0.496 e. The average molecular weight is 265 g/mol. The summed E-state index contributed by atoms with van der Waals surface area (Å²) in [5, 5.41) is 8.69. The molecule has 1 N–H and O–H groups in total. The Bertz CT molecular complexity index is 471. The molecule has 0 heterocycles. The van der Waals surface area contributed by atoms with Crippen LogP contribution in [0.5, 0.6) is 5.75 Å². The maximum atomic E-state index is 12.4. The lowest BCUT2D eigenvalue weighted by Gasteiger charge is -2.21. The standard InChI is InChI=1S/C14H19NO4/c1-4-15(8-7-13(16)17)14(18)11-9-10(2)5-6-12(11)19-3/h5-6,9H,4,7-8H2,1-3H3,(H,16,17). The minimum absolute atomic E-state index is 0.0618. The summed E-state index contributed by atoms with van der Waals surface area (Å²) in [6.07, 6.45) is -0.0618. The summed E-state index contributed by atoms with van der Waals surface area (Å²) >= 11 is 0. The highest BCUT2D eigenvalue weighted by Gasteiger charge is 2.19. The van der Waals surface area contributed by atoms with Crippen molar-refractivity contribution in [2.24, 2.45) is 0 Å². The molecule has 0 spiro atoms. The lowest BCUT2D eigenvalue weighted by atomic mass is 10.1. The molecule has 5 nitrogen and oxygen atoms in total. The summed E-state index contributed by atoms with van der Waals surface area (Å²) in [4.78, 5) is 24.5. The number of carboxylic acid groups (broad SMARTS) is 1. The van der Waals surface area contributed by atoms with Crippen LogP contribution in [-0.2, 0) is 4.79 Å². The zero-order valence-electron chi connectivity index (χ0n) is 11.5. The van der Waals surface area contributed by atoms with E-state index >= 15 is 0 Å². The maximum Gasteiger partial charge on any atom is 0.305 e. The molecule has 0 aliphatic heterocycles. The van der Waals surface area contributed by atoms with E-state index in [2.05, 4.69) is 0 Å². The fraction of sp³-hybridized carbons (Fsp3) is 0.429. The molecule has 0 unspecified atom stereocenters. The van der Waals surface area contributed by atoms with E-state index in [9.17, 15) is 9.59 Å². The van der Waals surface area contributed by atoms with Crippen molar-refractivity contribution in [3.63, 3.8) is 0 Å². The molecule has 1 aromatic carbocycles.